The predicted octanol–water partition coefficient (Wildman–Crippen LogP) is 7.15. The molecule has 40 heavy (non-hydrogen) atoms. The Bertz CT molecular complexity index is 1250. The maximum absolute atomic E-state index is 13.0. The minimum atomic E-state index is -6.01. The lowest BCUT2D eigenvalue weighted by Gasteiger charge is -2.34. The van der Waals surface area contributed by atoms with Crippen LogP contribution in [-0.4, -0.2) is 48.2 Å². The van der Waals surface area contributed by atoms with Crippen LogP contribution in [0.5, 0.6) is 5.75 Å². The molecule has 1 aliphatic rings. The highest BCUT2D eigenvalue weighted by Gasteiger charge is 2.70. The largest absolute Gasteiger partial charge is 0.491 e. The maximum Gasteiger partial charge on any atom is 0.438 e. The number of hydrogen-bond acceptors (Lipinski definition) is 4. The van der Waals surface area contributed by atoms with Crippen molar-refractivity contribution in [3.05, 3.63) is 64.2 Å². The Morgan fingerprint density at radius 1 is 0.925 bits per heavy atom. The number of alkyl halides is 6. The van der Waals surface area contributed by atoms with Gasteiger partial charge in [-0.1, -0.05) is 44.0 Å². The summed E-state index contributed by atoms with van der Waals surface area (Å²) >= 11 is 0. The first-order chi connectivity index (χ1) is 18.4. The van der Waals surface area contributed by atoms with Crippen LogP contribution >= 0.6 is 0 Å². The monoisotopic (exact) mass is 572 g/mol. The van der Waals surface area contributed by atoms with Gasteiger partial charge in [0.2, 0.25) is 0 Å². The maximum atomic E-state index is 13.0. The van der Waals surface area contributed by atoms with Crippen LogP contribution in [0.15, 0.2) is 36.4 Å². The van der Waals surface area contributed by atoms with Gasteiger partial charge in [-0.3, -0.25) is 0 Å². The molecule has 0 aromatic heterocycles. The molecule has 0 saturated carbocycles. The van der Waals surface area contributed by atoms with Crippen LogP contribution in [0.2, 0.25) is 0 Å². The lowest BCUT2D eigenvalue weighted by molar-refractivity contribution is -0.343. The molecule has 0 spiro atoms. The van der Waals surface area contributed by atoms with E-state index in [4.69, 9.17) is 14.2 Å². The predicted molar refractivity (Wildman–Crippen MR) is 138 cm³/mol. The second-order valence-corrected chi connectivity index (χ2v) is 10.5. The second kappa shape index (κ2) is 11.3. The Hall–Kier alpha value is -2.74. The summed E-state index contributed by atoms with van der Waals surface area (Å²) in [7, 11) is 0. The summed E-state index contributed by atoms with van der Waals surface area (Å²) in [5.41, 5.74) is -2.53. The van der Waals surface area contributed by atoms with Crippen LogP contribution in [0.1, 0.15) is 68.4 Å². The first-order valence-electron chi connectivity index (χ1n) is 12.9. The summed E-state index contributed by atoms with van der Waals surface area (Å²) in [6.07, 6.45) is -10.8. The molecule has 1 N–H and O–H groups in total. The highest BCUT2D eigenvalue weighted by Crippen LogP contribution is 2.43. The van der Waals surface area contributed by atoms with E-state index in [1.165, 1.54) is 6.07 Å². The second-order valence-electron chi connectivity index (χ2n) is 10.5. The lowest BCUT2D eigenvalue weighted by Crippen LogP contribution is -2.55. The molecule has 220 valence electrons. The molecule has 1 fully saturated rings. The van der Waals surface area contributed by atoms with Gasteiger partial charge in [0.25, 0.3) is 0 Å². The van der Waals surface area contributed by atoms with Gasteiger partial charge >= 0.3 is 18.0 Å². The molecule has 3 rings (SSSR count). The molecule has 0 aliphatic carbocycles. The standard InChI is InChI=1S/C30H34F6O4/c1-7-27(8-2,23-11-12-25(20(4)16-23)38-17-24-18-39-26(5,6)40-24)22-10-9-21(19(3)15-22)13-14-28(37,29(31,32)33)30(34,35)36/h9-12,15-16,24,37H,7-8,17-18H2,1-6H3/t24-/m1/s1. The van der Waals surface area contributed by atoms with E-state index in [1.54, 1.807) is 19.1 Å². The molecule has 1 atom stereocenters. The summed E-state index contributed by atoms with van der Waals surface area (Å²) in [5, 5.41) is 9.37. The van der Waals surface area contributed by atoms with E-state index < -0.39 is 29.2 Å². The van der Waals surface area contributed by atoms with Crippen molar-refractivity contribution in [3.8, 4) is 17.6 Å². The SMILES string of the molecule is CCC(CC)(c1ccc(C#CC(O)(C(F)(F)F)C(F)(F)F)c(C)c1)c1ccc(OC[C@@H]2COC(C)(C)O2)c(C)c1. The fraction of sp³-hybridized carbons (Fsp3) is 0.533. The third kappa shape index (κ3) is 6.27. The fourth-order valence-electron chi connectivity index (χ4n) is 4.93. The van der Waals surface area contributed by atoms with Gasteiger partial charge in [-0.25, -0.2) is 0 Å². The molecule has 0 bridgehead atoms. The van der Waals surface area contributed by atoms with Crippen LogP contribution in [0.3, 0.4) is 0 Å². The summed E-state index contributed by atoms with van der Waals surface area (Å²) in [6.45, 7) is 12.0. The van der Waals surface area contributed by atoms with Crippen LogP contribution in [-0.2, 0) is 14.9 Å². The molecule has 1 aliphatic heterocycles. The van der Waals surface area contributed by atoms with E-state index in [0.29, 0.717) is 37.4 Å². The summed E-state index contributed by atoms with van der Waals surface area (Å²) < 4.78 is 95.5. The zero-order valence-electron chi connectivity index (χ0n) is 23.3. The van der Waals surface area contributed by atoms with Crippen molar-refractivity contribution in [1.29, 1.82) is 0 Å². The normalized spacial score (nSPS) is 17.9. The first-order valence-corrected chi connectivity index (χ1v) is 12.9. The summed E-state index contributed by atoms with van der Waals surface area (Å²) in [5.74, 6) is 2.98. The molecular weight excluding hydrogens is 538 g/mol. The highest BCUT2D eigenvalue weighted by molar-refractivity contribution is 5.50. The molecule has 0 unspecified atom stereocenters. The molecule has 10 heteroatoms. The third-order valence-corrected chi connectivity index (χ3v) is 7.40. The summed E-state index contributed by atoms with van der Waals surface area (Å²) in [6, 6.07) is 10.6. The lowest BCUT2D eigenvalue weighted by atomic mass is 9.70. The molecule has 0 radical (unpaired) electrons. The number of aliphatic hydroxyl groups is 1. The number of benzene rings is 2. The van der Waals surface area contributed by atoms with Crippen molar-refractivity contribution >= 4 is 0 Å². The Morgan fingerprint density at radius 3 is 1.93 bits per heavy atom. The van der Waals surface area contributed by atoms with Crippen LogP contribution in [0, 0.1) is 25.7 Å². The van der Waals surface area contributed by atoms with E-state index in [9.17, 15) is 31.4 Å². The van der Waals surface area contributed by atoms with E-state index in [-0.39, 0.29) is 11.7 Å². The van der Waals surface area contributed by atoms with Crippen molar-refractivity contribution in [2.24, 2.45) is 0 Å². The average molecular weight is 573 g/mol. The Labute approximate surface area is 230 Å². The average Bonchev–Trinajstić information content (AvgIpc) is 3.20. The molecule has 1 saturated heterocycles. The molecular formula is C30H34F6O4. The fourth-order valence-corrected chi connectivity index (χ4v) is 4.93. The van der Waals surface area contributed by atoms with Gasteiger partial charge < -0.3 is 19.3 Å². The number of rotatable bonds is 7. The van der Waals surface area contributed by atoms with Gasteiger partial charge in [0.15, 0.2) is 5.79 Å². The minimum absolute atomic E-state index is 0.0435. The number of hydrogen-bond donors (Lipinski definition) is 1. The highest BCUT2D eigenvalue weighted by atomic mass is 19.4. The number of halogens is 6. The zero-order valence-corrected chi connectivity index (χ0v) is 23.3. The molecule has 0 amide bonds. The smallest absolute Gasteiger partial charge is 0.438 e. The van der Waals surface area contributed by atoms with Crippen molar-refractivity contribution in [2.75, 3.05) is 13.2 Å². The van der Waals surface area contributed by atoms with Crippen molar-refractivity contribution in [1.82, 2.24) is 0 Å². The summed E-state index contributed by atoms with van der Waals surface area (Å²) in [4.78, 5) is 0. The van der Waals surface area contributed by atoms with Gasteiger partial charge in [-0.05, 0) is 80.8 Å². The Balaban J connectivity index is 1.91. The third-order valence-electron chi connectivity index (χ3n) is 7.40. The van der Waals surface area contributed by atoms with Gasteiger partial charge in [0, 0.05) is 11.0 Å². The van der Waals surface area contributed by atoms with E-state index in [1.807, 2.05) is 58.7 Å². The topological polar surface area (TPSA) is 47.9 Å². The van der Waals surface area contributed by atoms with E-state index >= 15 is 0 Å². The molecule has 4 nitrogen and oxygen atoms in total. The van der Waals surface area contributed by atoms with Gasteiger partial charge in [0.1, 0.15) is 18.5 Å². The van der Waals surface area contributed by atoms with E-state index in [2.05, 4.69) is 0 Å². The Morgan fingerprint density at radius 2 is 1.48 bits per heavy atom. The van der Waals surface area contributed by atoms with Crippen molar-refractivity contribution in [2.45, 2.75) is 89.6 Å². The zero-order chi connectivity index (χ0) is 30.1. The molecule has 2 aromatic carbocycles. The van der Waals surface area contributed by atoms with Gasteiger partial charge in [-0.2, -0.15) is 26.3 Å². The van der Waals surface area contributed by atoms with Crippen LogP contribution in [0.25, 0.3) is 0 Å². The Kier molecular flexibility index (Phi) is 8.95. The van der Waals surface area contributed by atoms with E-state index in [0.717, 1.165) is 22.6 Å². The van der Waals surface area contributed by atoms with Crippen molar-refractivity contribution < 1.29 is 45.7 Å². The first kappa shape index (κ1) is 31.8. The molecule has 2 aromatic rings. The van der Waals surface area contributed by atoms with Gasteiger partial charge in [-0.15, -0.1) is 0 Å². The van der Waals surface area contributed by atoms with Gasteiger partial charge in [0.05, 0.1) is 6.61 Å². The molecule has 1 heterocycles. The van der Waals surface area contributed by atoms with Crippen LogP contribution in [0.4, 0.5) is 26.3 Å². The quantitative estimate of drug-likeness (QED) is 0.283. The van der Waals surface area contributed by atoms with Crippen LogP contribution < -0.4 is 4.74 Å². The number of aryl methyl sites for hydroxylation is 2. The minimum Gasteiger partial charge on any atom is -0.491 e. The van der Waals surface area contributed by atoms with Crippen molar-refractivity contribution in [3.63, 3.8) is 0 Å². The number of ether oxygens (including phenoxy) is 3.